The number of hydrogen-bond donors (Lipinski definition) is 2. The van der Waals surface area contributed by atoms with E-state index in [9.17, 15) is 9.18 Å². The highest BCUT2D eigenvalue weighted by Crippen LogP contribution is 2.42. The predicted octanol–water partition coefficient (Wildman–Crippen LogP) is 3.62. The standard InChI is InChI=1S/C20H22FN3O2/c21-18-4-1-14(2-5-18)15-3-6-19(22-10-15)24-11-16-7-13(8-17(16)12-24)9-23-20(25)26/h1-6,10,13,16-17,23H,7-9,11-12H2,(H,25,26)/t13?,16-,17+. The van der Waals surface area contributed by atoms with Crippen LogP contribution in [0.2, 0.25) is 0 Å². The van der Waals surface area contributed by atoms with Gasteiger partial charge in [0.05, 0.1) is 0 Å². The molecule has 2 aromatic rings. The third kappa shape index (κ3) is 3.49. The molecule has 1 unspecified atom stereocenters. The zero-order chi connectivity index (χ0) is 18.1. The molecule has 6 heteroatoms. The van der Waals surface area contributed by atoms with Gasteiger partial charge in [-0.25, -0.2) is 14.2 Å². The van der Waals surface area contributed by atoms with E-state index in [1.807, 2.05) is 18.3 Å². The first-order valence-corrected chi connectivity index (χ1v) is 9.02. The molecule has 3 atom stereocenters. The summed E-state index contributed by atoms with van der Waals surface area (Å²) in [5.74, 6) is 2.43. The lowest BCUT2D eigenvalue weighted by molar-refractivity contribution is 0.192. The maximum Gasteiger partial charge on any atom is 0.404 e. The molecule has 1 aliphatic carbocycles. The Morgan fingerprint density at radius 1 is 1.12 bits per heavy atom. The molecule has 1 saturated carbocycles. The van der Waals surface area contributed by atoms with Gasteiger partial charge >= 0.3 is 6.09 Å². The van der Waals surface area contributed by atoms with Crippen LogP contribution in [0.4, 0.5) is 15.0 Å². The van der Waals surface area contributed by atoms with Crippen molar-refractivity contribution in [2.45, 2.75) is 12.8 Å². The second-order valence-electron chi connectivity index (χ2n) is 7.36. The molecule has 5 nitrogen and oxygen atoms in total. The Kier molecular flexibility index (Phi) is 4.49. The van der Waals surface area contributed by atoms with Crippen LogP contribution in [0, 0.1) is 23.6 Å². The lowest BCUT2D eigenvalue weighted by Crippen LogP contribution is -2.28. The Bertz CT molecular complexity index is 765. The number of carbonyl (C=O) groups is 1. The molecule has 2 aliphatic rings. The molecule has 2 heterocycles. The first-order chi connectivity index (χ1) is 12.6. The number of rotatable bonds is 4. The zero-order valence-corrected chi connectivity index (χ0v) is 14.4. The van der Waals surface area contributed by atoms with Gasteiger partial charge in [-0.15, -0.1) is 0 Å². The second kappa shape index (κ2) is 6.94. The molecule has 136 valence electrons. The van der Waals surface area contributed by atoms with E-state index in [1.54, 1.807) is 12.1 Å². The maximum atomic E-state index is 13.0. The number of hydrogen-bond acceptors (Lipinski definition) is 3. The van der Waals surface area contributed by atoms with Crippen LogP contribution in [0.5, 0.6) is 0 Å². The topological polar surface area (TPSA) is 65.5 Å². The van der Waals surface area contributed by atoms with Crippen LogP contribution in [0.1, 0.15) is 12.8 Å². The third-order valence-corrected chi connectivity index (χ3v) is 5.64. The average molecular weight is 355 g/mol. The van der Waals surface area contributed by atoms with Crippen molar-refractivity contribution < 1.29 is 14.3 Å². The molecule has 1 saturated heterocycles. The zero-order valence-electron chi connectivity index (χ0n) is 14.4. The SMILES string of the molecule is O=C(O)NCC1C[C@@H]2CN(c3ccc(-c4ccc(F)cc4)cn3)C[C@@H]2C1. The summed E-state index contributed by atoms with van der Waals surface area (Å²) < 4.78 is 13.0. The first-order valence-electron chi connectivity index (χ1n) is 9.02. The number of amides is 1. The van der Waals surface area contributed by atoms with E-state index in [2.05, 4.69) is 15.2 Å². The number of anilines is 1. The van der Waals surface area contributed by atoms with E-state index >= 15 is 0 Å². The number of pyridine rings is 1. The number of aromatic nitrogens is 1. The summed E-state index contributed by atoms with van der Waals surface area (Å²) in [6.07, 6.45) is 3.06. The van der Waals surface area contributed by atoms with Crippen LogP contribution in [-0.4, -0.2) is 35.8 Å². The molecule has 1 aliphatic heterocycles. The minimum absolute atomic E-state index is 0.237. The Morgan fingerprint density at radius 2 is 1.77 bits per heavy atom. The van der Waals surface area contributed by atoms with E-state index in [0.29, 0.717) is 24.3 Å². The van der Waals surface area contributed by atoms with Crippen molar-refractivity contribution in [2.75, 3.05) is 24.5 Å². The van der Waals surface area contributed by atoms with Gasteiger partial charge in [-0.05, 0) is 60.4 Å². The van der Waals surface area contributed by atoms with E-state index in [-0.39, 0.29) is 5.82 Å². The normalized spacial score (nSPS) is 24.5. The van der Waals surface area contributed by atoms with E-state index in [4.69, 9.17) is 5.11 Å². The van der Waals surface area contributed by atoms with Gasteiger partial charge in [0, 0.05) is 31.4 Å². The summed E-state index contributed by atoms with van der Waals surface area (Å²) in [5.41, 5.74) is 1.94. The number of carboxylic acid groups (broad SMARTS) is 1. The largest absolute Gasteiger partial charge is 0.465 e. The smallest absolute Gasteiger partial charge is 0.404 e. The summed E-state index contributed by atoms with van der Waals surface area (Å²) >= 11 is 0. The van der Waals surface area contributed by atoms with Gasteiger partial charge in [-0.3, -0.25) is 0 Å². The lowest BCUT2D eigenvalue weighted by atomic mass is 10.0. The number of fused-ring (bicyclic) bond motifs is 1. The molecule has 0 radical (unpaired) electrons. The molecular formula is C20H22FN3O2. The Hall–Kier alpha value is -2.63. The molecule has 1 amide bonds. The van der Waals surface area contributed by atoms with E-state index < -0.39 is 6.09 Å². The van der Waals surface area contributed by atoms with Crippen molar-refractivity contribution in [1.29, 1.82) is 0 Å². The second-order valence-corrected chi connectivity index (χ2v) is 7.36. The highest BCUT2D eigenvalue weighted by molar-refractivity contribution is 5.64. The van der Waals surface area contributed by atoms with Crippen molar-refractivity contribution in [2.24, 2.45) is 17.8 Å². The van der Waals surface area contributed by atoms with Crippen LogP contribution < -0.4 is 10.2 Å². The Labute approximate surface area is 151 Å². The number of benzene rings is 1. The van der Waals surface area contributed by atoms with Gasteiger partial charge in [-0.1, -0.05) is 12.1 Å². The quantitative estimate of drug-likeness (QED) is 0.879. The summed E-state index contributed by atoms with van der Waals surface area (Å²) in [5, 5.41) is 11.3. The van der Waals surface area contributed by atoms with E-state index in [0.717, 1.165) is 42.9 Å². The van der Waals surface area contributed by atoms with Crippen LogP contribution in [-0.2, 0) is 0 Å². The molecule has 4 rings (SSSR count). The summed E-state index contributed by atoms with van der Waals surface area (Å²) in [4.78, 5) is 17.6. The van der Waals surface area contributed by atoms with Gasteiger partial charge in [0.15, 0.2) is 0 Å². The van der Waals surface area contributed by atoms with Crippen molar-refractivity contribution in [3.05, 3.63) is 48.4 Å². The first kappa shape index (κ1) is 16.8. The molecule has 2 fully saturated rings. The molecule has 0 spiro atoms. The number of nitrogens with zero attached hydrogens (tertiary/aromatic N) is 2. The van der Waals surface area contributed by atoms with Crippen molar-refractivity contribution in [3.8, 4) is 11.1 Å². The molecule has 1 aromatic carbocycles. The Balaban J connectivity index is 1.37. The predicted molar refractivity (Wildman–Crippen MR) is 97.6 cm³/mol. The van der Waals surface area contributed by atoms with Crippen LogP contribution in [0.25, 0.3) is 11.1 Å². The van der Waals surface area contributed by atoms with Crippen molar-refractivity contribution in [1.82, 2.24) is 10.3 Å². The number of halogens is 1. The van der Waals surface area contributed by atoms with Gasteiger partial charge in [0.2, 0.25) is 0 Å². The van der Waals surface area contributed by atoms with Gasteiger partial charge in [0.1, 0.15) is 11.6 Å². The van der Waals surface area contributed by atoms with Crippen LogP contribution >= 0.6 is 0 Å². The minimum Gasteiger partial charge on any atom is -0.465 e. The van der Waals surface area contributed by atoms with Gasteiger partial charge in [-0.2, -0.15) is 0 Å². The van der Waals surface area contributed by atoms with Crippen molar-refractivity contribution >= 4 is 11.9 Å². The van der Waals surface area contributed by atoms with Crippen LogP contribution in [0.3, 0.4) is 0 Å². The highest BCUT2D eigenvalue weighted by Gasteiger charge is 2.41. The van der Waals surface area contributed by atoms with E-state index in [1.165, 1.54) is 12.1 Å². The maximum absolute atomic E-state index is 13.0. The Morgan fingerprint density at radius 3 is 2.35 bits per heavy atom. The molecule has 2 N–H and O–H groups in total. The fourth-order valence-corrected chi connectivity index (χ4v) is 4.40. The van der Waals surface area contributed by atoms with Gasteiger partial charge < -0.3 is 15.3 Å². The summed E-state index contributed by atoms with van der Waals surface area (Å²) in [7, 11) is 0. The molecule has 1 aromatic heterocycles. The monoisotopic (exact) mass is 355 g/mol. The van der Waals surface area contributed by atoms with Gasteiger partial charge in [0.25, 0.3) is 0 Å². The van der Waals surface area contributed by atoms with Crippen molar-refractivity contribution in [3.63, 3.8) is 0 Å². The summed E-state index contributed by atoms with van der Waals surface area (Å²) in [6.45, 7) is 2.53. The molecular weight excluding hydrogens is 333 g/mol. The fourth-order valence-electron chi connectivity index (χ4n) is 4.40. The number of nitrogens with one attached hydrogen (secondary N) is 1. The summed E-state index contributed by atoms with van der Waals surface area (Å²) in [6, 6.07) is 10.5. The molecule has 0 bridgehead atoms. The lowest BCUT2D eigenvalue weighted by Gasteiger charge is -2.20. The van der Waals surface area contributed by atoms with Crippen LogP contribution in [0.15, 0.2) is 42.6 Å². The average Bonchev–Trinajstić information content (AvgIpc) is 3.19. The molecule has 26 heavy (non-hydrogen) atoms. The minimum atomic E-state index is -0.936. The fraction of sp³-hybridized carbons (Fsp3) is 0.400. The highest BCUT2D eigenvalue weighted by atomic mass is 19.1. The third-order valence-electron chi connectivity index (χ3n) is 5.64.